The van der Waals surface area contributed by atoms with Gasteiger partial charge in [-0.15, -0.1) is 5.06 Å². The molecular formula is C9H19NOS2. The van der Waals surface area contributed by atoms with Crippen LogP contribution < -0.4 is 0 Å². The number of hydrogen-bond donors (Lipinski definition) is 0. The summed E-state index contributed by atoms with van der Waals surface area (Å²) < 4.78 is 0.616. The van der Waals surface area contributed by atoms with Crippen molar-refractivity contribution < 1.29 is 4.84 Å². The second-order valence-corrected chi connectivity index (χ2v) is 5.19. The standard InChI is InChI=1S/C9H19NOS2/c1-6-13-9(12)11-10(7(2)3)8(4)5/h7-8H,6H2,1-5H3. The van der Waals surface area contributed by atoms with Crippen LogP contribution in [0, 0.1) is 0 Å². The monoisotopic (exact) mass is 221 g/mol. The van der Waals surface area contributed by atoms with E-state index in [0.29, 0.717) is 16.5 Å². The van der Waals surface area contributed by atoms with Gasteiger partial charge >= 0.3 is 0 Å². The molecular weight excluding hydrogens is 202 g/mol. The molecule has 0 aliphatic rings. The van der Waals surface area contributed by atoms with Gasteiger partial charge in [0.1, 0.15) is 0 Å². The summed E-state index contributed by atoms with van der Waals surface area (Å²) in [6, 6.07) is 0.714. The minimum atomic E-state index is 0.357. The first-order chi connectivity index (χ1) is 5.99. The van der Waals surface area contributed by atoms with E-state index in [2.05, 4.69) is 34.6 Å². The summed E-state index contributed by atoms with van der Waals surface area (Å²) >= 11 is 6.63. The van der Waals surface area contributed by atoms with Crippen molar-refractivity contribution in [1.29, 1.82) is 0 Å². The molecule has 0 unspecified atom stereocenters. The number of hydrogen-bond acceptors (Lipinski definition) is 4. The zero-order valence-electron chi connectivity index (χ0n) is 9.03. The summed E-state index contributed by atoms with van der Waals surface area (Å²) in [4.78, 5) is 5.54. The van der Waals surface area contributed by atoms with Crippen LogP contribution in [0.2, 0.25) is 0 Å². The van der Waals surface area contributed by atoms with Crippen LogP contribution in [0.1, 0.15) is 34.6 Å². The third-order valence-electron chi connectivity index (χ3n) is 1.46. The van der Waals surface area contributed by atoms with Crippen LogP contribution >= 0.6 is 24.0 Å². The Morgan fingerprint density at radius 3 is 2.08 bits per heavy atom. The molecule has 0 saturated heterocycles. The molecule has 0 rings (SSSR count). The minimum Gasteiger partial charge on any atom is -0.387 e. The zero-order chi connectivity index (χ0) is 10.4. The van der Waals surface area contributed by atoms with E-state index in [1.54, 1.807) is 11.8 Å². The SMILES string of the molecule is CCSC(=S)ON(C(C)C)C(C)C. The van der Waals surface area contributed by atoms with Crippen LogP contribution in [0.25, 0.3) is 0 Å². The maximum absolute atomic E-state index is 5.54. The van der Waals surface area contributed by atoms with Crippen molar-refractivity contribution >= 4 is 28.4 Å². The van der Waals surface area contributed by atoms with Gasteiger partial charge in [-0.3, -0.25) is 0 Å². The first-order valence-electron chi connectivity index (χ1n) is 4.62. The molecule has 0 amide bonds. The summed E-state index contributed by atoms with van der Waals surface area (Å²) in [7, 11) is 0. The van der Waals surface area contributed by atoms with E-state index < -0.39 is 0 Å². The third-order valence-corrected chi connectivity index (χ3v) is 2.49. The number of nitrogens with zero attached hydrogens (tertiary/aromatic N) is 1. The quantitative estimate of drug-likeness (QED) is 0.534. The maximum Gasteiger partial charge on any atom is 0.245 e. The Kier molecular flexibility index (Phi) is 6.73. The van der Waals surface area contributed by atoms with E-state index in [1.807, 2.05) is 5.06 Å². The lowest BCUT2D eigenvalue weighted by atomic mass is 10.3. The molecule has 0 atom stereocenters. The molecule has 0 radical (unpaired) electrons. The van der Waals surface area contributed by atoms with E-state index in [1.165, 1.54) is 0 Å². The lowest BCUT2D eigenvalue weighted by molar-refractivity contribution is -0.118. The minimum absolute atomic E-state index is 0.357. The summed E-state index contributed by atoms with van der Waals surface area (Å²) in [5.74, 6) is 0.961. The van der Waals surface area contributed by atoms with E-state index in [4.69, 9.17) is 17.1 Å². The molecule has 0 aromatic rings. The van der Waals surface area contributed by atoms with Crippen LogP contribution in [0.5, 0.6) is 0 Å². The Morgan fingerprint density at radius 1 is 1.31 bits per heavy atom. The summed E-state index contributed by atoms with van der Waals surface area (Å²) in [5, 5.41) is 1.92. The smallest absolute Gasteiger partial charge is 0.245 e. The predicted molar refractivity (Wildman–Crippen MR) is 63.9 cm³/mol. The lowest BCUT2D eigenvalue weighted by Crippen LogP contribution is -2.37. The summed E-state index contributed by atoms with van der Waals surface area (Å²) in [5.41, 5.74) is 0. The molecule has 4 heteroatoms. The van der Waals surface area contributed by atoms with Crippen LogP contribution in [0.4, 0.5) is 0 Å². The zero-order valence-corrected chi connectivity index (χ0v) is 10.7. The average molecular weight is 221 g/mol. The topological polar surface area (TPSA) is 12.5 Å². The fourth-order valence-electron chi connectivity index (χ4n) is 1.04. The summed E-state index contributed by atoms with van der Waals surface area (Å²) in [6.07, 6.45) is 0. The van der Waals surface area contributed by atoms with Crippen LogP contribution in [-0.4, -0.2) is 27.3 Å². The third kappa shape index (κ3) is 5.49. The molecule has 0 aromatic carbocycles. The van der Waals surface area contributed by atoms with Crippen molar-refractivity contribution in [3.63, 3.8) is 0 Å². The fourth-order valence-corrected chi connectivity index (χ4v) is 1.85. The second kappa shape index (κ2) is 6.62. The molecule has 0 fully saturated rings. The highest BCUT2D eigenvalue weighted by molar-refractivity contribution is 8.22. The molecule has 0 heterocycles. The van der Waals surface area contributed by atoms with Gasteiger partial charge in [-0.05, 0) is 45.7 Å². The van der Waals surface area contributed by atoms with Crippen LogP contribution in [0.3, 0.4) is 0 Å². The van der Waals surface area contributed by atoms with Crippen molar-refractivity contribution in [2.24, 2.45) is 0 Å². The van der Waals surface area contributed by atoms with Gasteiger partial charge in [0, 0.05) is 12.1 Å². The van der Waals surface area contributed by atoms with Crippen molar-refractivity contribution in [2.45, 2.75) is 46.7 Å². The van der Waals surface area contributed by atoms with E-state index in [9.17, 15) is 0 Å². The van der Waals surface area contributed by atoms with Crippen molar-refractivity contribution in [2.75, 3.05) is 5.75 Å². The normalized spacial score (nSPS) is 11.4. The van der Waals surface area contributed by atoms with Gasteiger partial charge in [-0.2, -0.15) is 0 Å². The van der Waals surface area contributed by atoms with Crippen molar-refractivity contribution in [3.05, 3.63) is 0 Å². The molecule has 0 spiro atoms. The molecule has 2 nitrogen and oxygen atoms in total. The molecule has 0 saturated carbocycles. The maximum atomic E-state index is 5.54. The van der Waals surface area contributed by atoms with Gasteiger partial charge in [-0.1, -0.05) is 18.7 Å². The predicted octanol–water partition coefficient (Wildman–Crippen LogP) is 3.07. The largest absolute Gasteiger partial charge is 0.387 e. The Balaban J connectivity index is 4.02. The second-order valence-electron chi connectivity index (χ2n) is 3.32. The van der Waals surface area contributed by atoms with Gasteiger partial charge in [0.2, 0.25) is 4.38 Å². The Hall–Kier alpha value is 0.200. The number of thiocarbonyl (C=S) groups is 1. The highest BCUT2D eigenvalue weighted by Crippen LogP contribution is 2.12. The van der Waals surface area contributed by atoms with Gasteiger partial charge in [0.25, 0.3) is 0 Å². The van der Waals surface area contributed by atoms with Gasteiger partial charge in [0.15, 0.2) is 0 Å². The van der Waals surface area contributed by atoms with E-state index in [0.717, 1.165) is 5.75 Å². The van der Waals surface area contributed by atoms with E-state index in [-0.39, 0.29) is 0 Å². The van der Waals surface area contributed by atoms with Crippen molar-refractivity contribution in [1.82, 2.24) is 5.06 Å². The summed E-state index contributed by atoms with van der Waals surface area (Å²) in [6.45, 7) is 10.5. The Labute approximate surface area is 91.0 Å². The first kappa shape index (κ1) is 13.2. The molecule has 0 bridgehead atoms. The van der Waals surface area contributed by atoms with Crippen LogP contribution in [0.15, 0.2) is 0 Å². The van der Waals surface area contributed by atoms with E-state index >= 15 is 0 Å². The van der Waals surface area contributed by atoms with Gasteiger partial charge in [-0.25, -0.2) is 0 Å². The number of rotatable bonds is 4. The van der Waals surface area contributed by atoms with Gasteiger partial charge in [0.05, 0.1) is 0 Å². The highest BCUT2D eigenvalue weighted by Gasteiger charge is 2.16. The van der Waals surface area contributed by atoms with Crippen molar-refractivity contribution in [3.8, 4) is 0 Å². The molecule has 78 valence electrons. The molecule has 0 N–H and O–H groups in total. The fraction of sp³-hybridized carbons (Fsp3) is 0.889. The highest BCUT2D eigenvalue weighted by atomic mass is 32.2. The lowest BCUT2D eigenvalue weighted by Gasteiger charge is -2.29. The Morgan fingerprint density at radius 2 is 1.77 bits per heavy atom. The molecule has 0 aliphatic heterocycles. The van der Waals surface area contributed by atoms with Crippen LogP contribution in [-0.2, 0) is 4.84 Å². The number of hydroxylamine groups is 2. The molecule has 13 heavy (non-hydrogen) atoms. The average Bonchev–Trinajstić information content (AvgIpc) is 1.99. The first-order valence-corrected chi connectivity index (χ1v) is 6.01. The number of thioether (sulfide) groups is 1. The Bertz CT molecular complexity index is 152. The molecule has 0 aromatic heterocycles. The molecule has 0 aliphatic carbocycles. The van der Waals surface area contributed by atoms with Gasteiger partial charge < -0.3 is 4.84 Å².